The summed E-state index contributed by atoms with van der Waals surface area (Å²) in [4.78, 5) is 6.57. The minimum absolute atomic E-state index is 0.0366. The van der Waals surface area contributed by atoms with Crippen molar-refractivity contribution < 1.29 is 5.11 Å². The summed E-state index contributed by atoms with van der Waals surface area (Å²) in [7, 11) is 2.01. The minimum Gasteiger partial charge on any atom is -0.395 e. The first-order valence-corrected chi connectivity index (χ1v) is 6.89. The molecule has 4 heteroatoms. The molecule has 0 radical (unpaired) electrons. The first kappa shape index (κ1) is 13.1. The minimum atomic E-state index is 0.0366. The van der Waals surface area contributed by atoms with Crippen molar-refractivity contribution in [1.29, 1.82) is 0 Å². The first-order valence-electron chi connectivity index (χ1n) is 6.89. The molecule has 104 valence electrons. The maximum atomic E-state index is 9.20. The SMILES string of the molecule is CN(CCO)[C@@H]1Nc2ncccc2Cc2ccccc21. The van der Waals surface area contributed by atoms with E-state index >= 15 is 0 Å². The monoisotopic (exact) mass is 269 g/mol. The van der Waals surface area contributed by atoms with Gasteiger partial charge in [-0.3, -0.25) is 4.90 Å². The lowest BCUT2D eigenvalue weighted by Crippen LogP contribution is -2.33. The largest absolute Gasteiger partial charge is 0.395 e. The summed E-state index contributed by atoms with van der Waals surface area (Å²) in [5.74, 6) is 0.929. The van der Waals surface area contributed by atoms with Gasteiger partial charge in [0, 0.05) is 19.2 Å². The zero-order valence-corrected chi connectivity index (χ0v) is 11.6. The molecule has 20 heavy (non-hydrogen) atoms. The third-order valence-electron chi connectivity index (χ3n) is 3.79. The van der Waals surface area contributed by atoms with E-state index in [-0.39, 0.29) is 12.8 Å². The Labute approximate surface area is 119 Å². The van der Waals surface area contributed by atoms with Crippen LogP contribution in [0, 0.1) is 0 Å². The number of aromatic nitrogens is 1. The molecule has 1 aliphatic rings. The number of rotatable bonds is 3. The molecule has 0 saturated carbocycles. The molecule has 0 bridgehead atoms. The number of aliphatic hydroxyl groups is 1. The fraction of sp³-hybridized carbons (Fsp3) is 0.312. The van der Waals surface area contributed by atoms with Crippen LogP contribution in [0.3, 0.4) is 0 Å². The van der Waals surface area contributed by atoms with Gasteiger partial charge in [0.2, 0.25) is 0 Å². The van der Waals surface area contributed by atoms with Crippen molar-refractivity contribution in [1.82, 2.24) is 9.88 Å². The van der Waals surface area contributed by atoms with Crippen LogP contribution in [0.1, 0.15) is 22.9 Å². The van der Waals surface area contributed by atoms with E-state index in [4.69, 9.17) is 0 Å². The van der Waals surface area contributed by atoms with E-state index in [0.29, 0.717) is 6.54 Å². The summed E-state index contributed by atoms with van der Waals surface area (Å²) in [6.07, 6.45) is 2.73. The predicted molar refractivity (Wildman–Crippen MR) is 79.6 cm³/mol. The lowest BCUT2D eigenvalue weighted by molar-refractivity contribution is 0.192. The molecule has 2 heterocycles. The lowest BCUT2D eigenvalue weighted by atomic mass is 10.00. The summed E-state index contributed by atoms with van der Waals surface area (Å²) >= 11 is 0. The standard InChI is InChI=1S/C16H19N3O/c1-19(9-10-20)16-14-7-3-2-5-12(14)11-13-6-4-8-17-15(13)18-16/h2-8,16,20H,9-11H2,1H3,(H,17,18)/t16-/m0/s1. The van der Waals surface area contributed by atoms with E-state index < -0.39 is 0 Å². The third-order valence-corrected chi connectivity index (χ3v) is 3.79. The second-order valence-electron chi connectivity index (χ2n) is 5.14. The van der Waals surface area contributed by atoms with Crippen molar-refractivity contribution in [2.75, 3.05) is 25.5 Å². The topological polar surface area (TPSA) is 48.4 Å². The zero-order chi connectivity index (χ0) is 13.9. The Balaban J connectivity index is 2.05. The van der Waals surface area contributed by atoms with Gasteiger partial charge in [0.05, 0.1) is 6.61 Å². The van der Waals surface area contributed by atoms with E-state index in [1.54, 1.807) is 0 Å². The molecule has 1 atom stereocenters. The Morgan fingerprint density at radius 2 is 2.05 bits per heavy atom. The molecule has 1 aliphatic heterocycles. The number of pyridine rings is 1. The van der Waals surface area contributed by atoms with Crippen molar-refractivity contribution in [2.45, 2.75) is 12.6 Å². The Hall–Kier alpha value is -1.91. The van der Waals surface area contributed by atoms with Gasteiger partial charge in [0.1, 0.15) is 12.0 Å². The molecule has 2 N–H and O–H groups in total. The molecule has 0 spiro atoms. The van der Waals surface area contributed by atoms with Gasteiger partial charge in [-0.25, -0.2) is 4.98 Å². The fourth-order valence-electron chi connectivity index (χ4n) is 2.72. The first-order chi connectivity index (χ1) is 9.79. The number of fused-ring (bicyclic) bond motifs is 2. The van der Waals surface area contributed by atoms with Crippen LogP contribution in [0.15, 0.2) is 42.6 Å². The van der Waals surface area contributed by atoms with Gasteiger partial charge in [-0.15, -0.1) is 0 Å². The van der Waals surface area contributed by atoms with E-state index in [1.807, 2.05) is 19.3 Å². The summed E-state index contributed by atoms with van der Waals surface area (Å²) in [6, 6.07) is 12.5. The third kappa shape index (κ3) is 2.40. The number of aliphatic hydroxyl groups excluding tert-OH is 1. The number of anilines is 1. The number of likely N-dealkylation sites (N-methyl/N-ethyl adjacent to an activating group) is 1. The second-order valence-corrected chi connectivity index (χ2v) is 5.14. The van der Waals surface area contributed by atoms with Gasteiger partial charge in [-0.05, 0) is 29.8 Å². The van der Waals surface area contributed by atoms with Crippen LogP contribution >= 0.6 is 0 Å². The Bertz CT molecular complexity index is 600. The molecule has 0 unspecified atom stereocenters. The van der Waals surface area contributed by atoms with Gasteiger partial charge in [0.25, 0.3) is 0 Å². The smallest absolute Gasteiger partial charge is 0.130 e. The van der Waals surface area contributed by atoms with Crippen molar-refractivity contribution >= 4 is 5.82 Å². The summed E-state index contributed by atoms with van der Waals surface area (Å²) in [5.41, 5.74) is 3.77. The zero-order valence-electron chi connectivity index (χ0n) is 11.6. The van der Waals surface area contributed by atoms with Crippen molar-refractivity contribution in [3.8, 4) is 0 Å². The highest BCUT2D eigenvalue weighted by atomic mass is 16.3. The maximum absolute atomic E-state index is 9.20. The van der Waals surface area contributed by atoms with E-state index in [2.05, 4.69) is 45.5 Å². The second kappa shape index (κ2) is 5.61. The van der Waals surface area contributed by atoms with Crippen LogP contribution in [-0.4, -0.2) is 35.2 Å². The molecule has 2 aromatic rings. The lowest BCUT2D eigenvalue weighted by Gasteiger charge is -2.29. The van der Waals surface area contributed by atoms with Crippen molar-refractivity contribution in [3.63, 3.8) is 0 Å². The Morgan fingerprint density at radius 1 is 1.25 bits per heavy atom. The summed E-state index contributed by atoms with van der Waals surface area (Å²) < 4.78 is 0. The highest BCUT2D eigenvalue weighted by Crippen LogP contribution is 2.31. The number of hydrogen-bond acceptors (Lipinski definition) is 4. The number of benzene rings is 1. The molecule has 4 nitrogen and oxygen atoms in total. The molecule has 0 fully saturated rings. The molecular formula is C16H19N3O. The van der Waals surface area contributed by atoms with Crippen LogP contribution in [0.25, 0.3) is 0 Å². The molecular weight excluding hydrogens is 250 g/mol. The molecule has 3 rings (SSSR count). The highest BCUT2D eigenvalue weighted by molar-refractivity contribution is 5.52. The average molecular weight is 269 g/mol. The number of nitrogens with zero attached hydrogens (tertiary/aromatic N) is 2. The van der Waals surface area contributed by atoms with Crippen LogP contribution in [0.5, 0.6) is 0 Å². The van der Waals surface area contributed by atoms with Crippen LogP contribution in [0.2, 0.25) is 0 Å². The number of hydrogen-bond donors (Lipinski definition) is 2. The molecule has 0 amide bonds. The van der Waals surface area contributed by atoms with Gasteiger partial charge < -0.3 is 10.4 Å². The molecule has 1 aromatic heterocycles. The maximum Gasteiger partial charge on any atom is 0.130 e. The van der Waals surface area contributed by atoms with Gasteiger partial charge in [-0.2, -0.15) is 0 Å². The van der Waals surface area contributed by atoms with Gasteiger partial charge in [0.15, 0.2) is 0 Å². The predicted octanol–water partition coefficient (Wildman–Crippen LogP) is 2.02. The van der Waals surface area contributed by atoms with Crippen molar-refractivity contribution in [3.05, 3.63) is 59.3 Å². The van der Waals surface area contributed by atoms with Crippen LogP contribution < -0.4 is 5.32 Å². The number of nitrogens with one attached hydrogen (secondary N) is 1. The van der Waals surface area contributed by atoms with Crippen LogP contribution in [0.4, 0.5) is 5.82 Å². The Kier molecular flexibility index (Phi) is 3.67. The quantitative estimate of drug-likeness (QED) is 0.895. The van der Waals surface area contributed by atoms with E-state index in [1.165, 1.54) is 16.7 Å². The highest BCUT2D eigenvalue weighted by Gasteiger charge is 2.24. The van der Waals surface area contributed by atoms with E-state index in [0.717, 1.165) is 12.2 Å². The fourth-order valence-corrected chi connectivity index (χ4v) is 2.72. The Morgan fingerprint density at radius 3 is 2.90 bits per heavy atom. The molecule has 0 aliphatic carbocycles. The van der Waals surface area contributed by atoms with Gasteiger partial charge >= 0.3 is 0 Å². The normalized spacial score (nSPS) is 17.1. The summed E-state index contributed by atoms with van der Waals surface area (Å²) in [5, 5.41) is 12.7. The summed E-state index contributed by atoms with van der Waals surface area (Å²) in [6.45, 7) is 0.764. The van der Waals surface area contributed by atoms with Gasteiger partial charge in [-0.1, -0.05) is 30.3 Å². The average Bonchev–Trinajstić information content (AvgIpc) is 2.64. The van der Waals surface area contributed by atoms with Crippen molar-refractivity contribution in [2.24, 2.45) is 0 Å². The van der Waals surface area contributed by atoms with E-state index in [9.17, 15) is 5.11 Å². The molecule has 0 saturated heterocycles. The molecule has 1 aromatic carbocycles. The van der Waals surface area contributed by atoms with Crippen LogP contribution in [-0.2, 0) is 6.42 Å².